The van der Waals surface area contributed by atoms with Crippen LogP contribution in [0.1, 0.15) is 6.42 Å². The van der Waals surface area contributed by atoms with E-state index in [1.165, 1.54) is 0 Å². The van der Waals surface area contributed by atoms with Gasteiger partial charge in [0.25, 0.3) is 0 Å². The summed E-state index contributed by atoms with van der Waals surface area (Å²) in [6, 6.07) is 0. The van der Waals surface area contributed by atoms with Crippen molar-refractivity contribution in [1.82, 2.24) is 0 Å². The Balaban J connectivity index is 2.48. The first kappa shape index (κ1) is 6.74. The van der Waals surface area contributed by atoms with E-state index in [1.54, 1.807) is 0 Å². The summed E-state index contributed by atoms with van der Waals surface area (Å²) in [6.07, 6.45) is -0.653. The Morgan fingerprint density at radius 2 is 2.44 bits per heavy atom. The van der Waals surface area contributed by atoms with E-state index >= 15 is 0 Å². The molecule has 2 N–H and O–H groups in total. The Kier molecular flexibility index (Phi) is 1.85. The monoisotopic (exact) mass is 130 g/mol. The lowest BCUT2D eigenvalue weighted by Gasteiger charge is -2.05. The molecule has 1 aliphatic heterocycles. The van der Waals surface area contributed by atoms with E-state index in [9.17, 15) is 0 Å². The summed E-state index contributed by atoms with van der Waals surface area (Å²) in [5, 5.41) is 17.4. The van der Waals surface area contributed by atoms with Gasteiger partial charge in [0, 0.05) is 6.42 Å². The third-order valence-corrected chi connectivity index (χ3v) is 1.38. The molecule has 3 nitrogen and oxygen atoms in total. The predicted molar refractivity (Wildman–Crippen MR) is 31.7 cm³/mol. The lowest BCUT2D eigenvalue weighted by atomic mass is 10.1. The Hall–Kier alpha value is -0.380. The SMILES string of the molecule is C=C1C[C@@H](O)O[C@@H]1CO. The van der Waals surface area contributed by atoms with E-state index < -0.39 is 6.29 Å². The highest BCUT2D eigenvalue weighted by Gasteiger charge is 2.25. The summed E-state index contributed by atoms with van der Waals surface area (Å²) in [4.78, 5) is 0. The van der Waals surface area contributed by atoms with Crippen molar-refractivity contribution < 1.29 is 14.9 Å². The van der Waals surface area contributed by atoms with Crippen molar-refractivity contribution in [1.29, 1.82) is 0 Å². The van der Waals surface area contributed by atoms with Crippen LogP contribution in [0.25, 0.3) is 0 Å². The van der Waals surface area contributed by atoms with Gasteiger partial charge in [-0.3, -0.25) is 0 Å². The van der Waals surface area contributed by atoms with Gasteiger partial charge in [-0.25, -0.2) is 0 Å². The number of ether oxygens (including phenoxy) is 1. The van der Waals surface area contributed by atoms with Gasteiger partial charge in [-0.15, -0.1) is 0 Å². The quantitative estimate of drug-likeness (QED) is 0.477. The van der Waals surface area contributed by atoms with Crippen molar-refractivity contribution in [3.8, 4) is 0 Å². The molecule has 1 fully saturated rings. The Labute approximate surface area is 53.6 Å². The highest BCUT2D eigenvalue weighted by Crippen LogP contribution is 2.21. The molecule has 1 aliphatic rings. The van der Waals surface area contributed by atoms with Crippen LogP contribution >= 0.6 is 0 Å². The van der Waals surface area contributed by atoms with Gasteiger partial charge in [0.15, 0.2) is 6.29 Å². The van der Waals surface area contributed by atoms with Crippen molar-refractivity contribution in [2.24, 2.45) is 0 Å². The molecule has 52 valence electrons. The average molecular weight is 130 g/mol. The van der Waals surface area contributed by atoms with Gasteiger partial charge in [-0.1, -0.05) is 6.58 Å². The summed E-state index contributed by atoms with van der Waals surface area (Å²) in [5.74, 6) is 0. The molecule has 0 aromatic rings. The first-order valence-corrected chi connectivity index (χ1v) is 2.86. The van der Waals surface area contributed by atoms with Gasteiger partial charge in [0.05, 0.1) is 6.61 Å². The fourth-order valence-electron chi connectivity index (χ4n) is 0.862. The van der Waals surface area contributed by atoms with Crippen LogP contribution in [0, 0.1) is 0 Å². The smallest absolute Gasteiger partial charge is 0.159 e. The van der Waals surface area contributed by atoms with Crippen molar-refractivity contribution in [2.45, 2.75) is 18.8 Å². The van der Waals surface area contributed by atoms with Gasteiger partial charge >= 0.3 is 0 Å². The lowest BCUT2D eigenvalue weighted by Crippen LogP contribution is -2.14. The van der Waals surface area contributed by atoms with Crippen LogP contribution in [0.2, 0.25) is 0 Å². The zero-order valence-electron chi connectivity index (χ0n) is 5.08. The molecule has 0 aliphatic carbocycles. The maximum atomic E-state index is 8.81. The highest BCUT2D eigenvalue weighted by molar-refractivity contribution is 5.07. The van der Waals surface area contributed by atoms with E-state index in [2.05, 4.69) is 6.58 Å². The van der Waals surface area contributed by atoms with Gasteiger partial charge in [-0.05, 0) is 5.57 Å². The van der Waals surface area contributed by atoms with E-state index in [0.29, 0.717) is 6.42 Å². The van der Waals surface area contributed by atoms with Crippen molar-refractivity contribution in [2.75, 3.05) is 6.61 Å². The molecule has 0 aromatic heterocycles. The maximum absolute atomic E-state index is 8.81. The van der Waals surface area contributed by atoms with E-state index in [4.69, 9.17) is 14.9 Å². The number of aliphatic hydroxyl groups excluding tert-OH is 2. The van der Waals surface area contributed by atoms with Crippen LogP contribution in [0.4, 0.5) is 0 Å². The van der Waals surface area contributed by atoms with Crippen molar-refractivity contribution >= 4 is 0 Å². The average Bonchev–Trinajstić information content (AvgIpc) is 2.10. The standard InChI is InChI=1S/C6H10O3/c1-4-2-6(8)9-5(4)3-7/h5-8H,1-3H2/t5-,6+/m1/s1. The Bertz CT molecular complexity index is 121. The molecular formula is C6H10O3. The molecule has 0 unspecified atom stereocenters. The second-order valence-electron chi connectivity index (χ2n) is 2.12. The normalized spacial score (nSPS) is 35.6. The Morgan fingerprint density at radius 3 is 2.67 bits per heavy atom. The largest absolute Gasteiger partial charge is 0.393 e. The third-order valence-electron chi connectivity index (χ3n) is 1.38. The number of rotatable bonds is 1. The topological polar surface area (TPSA) is 49.7 Å². The summed E-state index contributed by atoms with van der Waals surface area (Å²) in [7, 11) is 0. The number of aliphatic hydroxyl groups is 2. The van der Waals surface area contributed by atoms with E-state index in [1.807, 2.05) is 0 Å². The minimum absolute atomic E-state index is 0.0874. The molecule has 1 saturated heterocycles. The summed E-state index contributed by atoms with van der Waals surface area (Å²) in [6.45, 7) is 3.52. The molecule has 0 radical (unpaired) electrons. The van der Waals surface area contributed by atoms with E-state index in [0.717, 1.165) is 5.57 Å². The minimum atomic E-state index is -0.755. The second kappa shape index (κ2) is 2.47. The number of hydrogen-bond acceptors (Lipinski definition) is 3. The summed E-state index contributed by atoms with van der Waals surface area (Å²) in [5.41, 5.74) is 0.769. The van der Waals surface area contributed by atoms with Crippen molar-refractivity contribution in [3.05, 3.63) is 12.2 Å². The number of hydrogen-bond donors (Lipinski definition) is 2. The molecule has 2 atom stereocenters. The van der Waals surface area contributed by atoms with Crippen LogP contribution in [0.3, 0.4) is 0 Å². The molecular weight excluding hydrogens is 120 g/mol. The Morgan fingerprint density at radius 1 is 1.78 bits per heavy atom. The third kappa shape index (κ3) is 1.30. The van der Waals surface area contributed by atoms with Crippen LogP contribution in [0.5, 0.6) is 0 Å². The minimum Gasteiger partial charge on any atom is -0.393 e. The van der Waals surface area contributed by atoms with Crippen LogP contribution < -0.4 is 0 Å². The second-order valence-corrected chi connectivity index (χ2v) is 2.12. The highest BCUT2D eigenvalue weighted by atomic mass is 16.6. The lowest BCUT2D eigenvalue weighted by molar-refractivity contribution is -0.0987. The molecule has 0 saturated carbocycles. The van der Waals surface area contributed by atoms with Crippen LogP contribution in [-0.2, 0) is 4.74 Å². The molecule has 1 heterocycles. The molecule has 3 heteroatoms. The van der Waals surface area contributed by atoms with Gasteiger partial charge < -0.3 is 14.9 Å². The first-order valence-electron chi connectivity index (χ1n) is 2.86. The fraction of sp³-hybridized carbons (Fsp3) is 0.667. The molecule has 0 amide bonds. The van der Waals surface area contributed by atoms with Crippen LogP contribution in [0.15, 0.2) is 12.2 Å². The molecule has 9 heavy (non-hydrogen) atoms. The summed E-state index contributed by atoms with van der Waals surface area (Å²) >= 11 is 0. The summed E-state index contributed by atoms with van der Waals surface area (Å²) < 4.78 is 4.83. The molecule has 0 bridgehead atoms. The zero-order chi connectivity index (χ0) is 6.85. The van der Waals surface area contributed by atoms with E-state index in [-0.39, 0.29) is 12.7 Å². The van der Waals surface area contributed by atoms with Gasteiger partial charge in [-0.2, -0.15) is 0 Å². The molecule has 0 spiro atoms. The van der Waals surface area contributed by atoms with Crippen molar-refractivity contribution in [3.63, 3.8) is 0 Å². The zero-order valence-corrected chi connectivity index (χ0v) is 5.08. The maximum Gasteiger partial charge on any atom is 0.159 e. The molecule has 1 rings (SSSR count). The first-order chi connectivity index (χ1) is 4.24. The van der Waals surface area contributed by atoms with Gasteiger partial charge in [0.1, 0.15) is 6.10 Å². The van der Waals surface area contributed by atoms with Gasteiger partial charge in [0.2, 0.25) is 0 Å². The molecule has 0 aromatic carbocycles. The fourth-order valence-corrected chi connectivity index (χ4v) is 0.862. The van der Waals surface area contributed by atoms with Crippen LogP contribution in [-0.4, -0.2) is 29.2 Å². The predicted octanol–water partition coefficient (Wildman–Crippen LogP) is -0.358.